The molecule has 4 nitrogen and oxygen atoms in total. The molecule has 4 aromatic rings. The summed E-state index contributed by atoms with van der Waals surface area (Å²) in [5.41, 5.74) is 6.86. The maximum atomic E-state index is 4.97. The number of benzene rings is 2. The van der Waals surface area contributed by atoms with Crippen molar-refractivity contribution in [1.82, 2.24) is 19.1 Å². The molecule has 0 atom stereocenters. The van der Waals surface area contributed by atoms with Crippen molar-refractivity contribution in [1.29, 1.82) is 0 Å². The summed E-state index contributed by atoms with van der Waals surface area (Å²) < 4.78 is 4.53. The highest BCUT2D eigenvalue weighted by molar-refractivity contribution is 5.83. The molecule has 4 rings (SSSR count). The summed E-state index contributed by atoms with van der Waals surface area (Å²) in [6.45, 7) is 10.1. The molecule has 0 aliphatic carbocycles. The Hall–Kier alpha value is -3.14. The van der Waals surface area contributed by atoms with Crippen molar-refractivity contribution in [3.8, 4) is 11.6 Å². The fourth-order valence-corrected chi connectivity index (χ4v) is 3.41. The van der Waals surface area contributed by atoms with E-state index in [0.29, 0.717) is 0 Å². The van der Waals surface area contributed by atoms with Crippen LogP contribution in [0.3, 0.4) is 0 Å². The van der Waals surface area contributed by atoms with Gasteiger partial charge in [0.1, 0.15) is 0 Å². The van der Waals surface area contributed by atoms with Gasteiger partial charge < -0.3 is 9.13 Å². The Morgan fingerprint density at radius 2 is 1.07 bits per heavy atom. The van der Waals surface area contributed by atoms with Gasteiger partial charge in [0, 0.05) is 13.1 Å². The number of hydrogen-bond acceptors (Lipinski definition) is 2. The highest BCUT2D eigenvalue weighted by atomic mass is 15.2. The van der Waals surface area contributed by atoms with E-state index in [4.69, 9.17) is 9.97 Å². The van der Waals surface area contributed by atoms with Crippen LogP contribution in [-0.4, -0.2) is 19.1 Å². The minimum Gasteiger partial charge on any atom is -0.317 e. The molecule has 28 heavy (non-hydrogen) atoms. The number of fused-ring (bicyclic) bond motifs is 2. The van der Waals surface area contributed by atoms with Gasteiger partial charge in [-0.2, -0.15) is 0 Å². The van der Waals surface area contributed by atoms with Crippen LogP contribution in [0.25, 0.3) is 33.7 Å². The van der Waals surface area contributed by atoms with Gasteiger partial charge >= 0.3 is 0 Å². The van der Waals surface area contributed by atoms with Gasteiger partial charge in [-0.25, -0.2) is 9.97 Å². The van der Waals surface area contributed by atoms with E-state index in [2.05, 4.69) is 85.4 Å². The number of aromatic nitrogens is 4. The van der Waals surface area contributed by atoms with Crippen LogP contribution in [0.1, 0.15) is 27.7 Å². The summed E-state index contributed by atoms with van der Waals surface area (Å²) in [7, 11) is 0. The zero-order chi connectivity index (χ0) is 19.7. The van der Waals surface area contributed by atoms with Gasteiger partial charge in [-0.15, -0.1) is 0 Å². The number of allylic oxidation sites excluding steroid dienone is 4. The van der Waals surface area contributed by atoms with Crippen LogP contribution >= 0.6 is 0 Å². The maximum Gasteiger partial charge on any atom is 0.177 e. The first-order valence-electron chi connectivity index (χ1n) is 9.72. The van der Waals surface area contributed by atoms with Crippen LogP contribution in [0.4, 0.5) is 0 Å². The lowest BCUT2D eigenvalue weighted by Crippen LogP contribution is -2.05. The van der Waals surface area contributed by atoms with Crippen molar-refractivity contribution in [3.05, 3.63) is 71.8 Å². The van der Waals surface area contributed by atoms with Crippen molar-refractivity contribution < 1.29 is 0 Å². The van der Waals surface area contributed by atoms with E-state index in [1.165, 1.54) is 11.1 Å². The van der Waals surface area contributed by atoms with Crippen LogP contribution < -0.4 is 0 Å². The Balaban J connectivity index is 1.98. The second kappa shape index (κ2) is 7.47. The highest BCUT2D eigenvalue weighted by Gasteiger charge is 2.19. The molecule has 0 saturated heterocycles. The molecule has 0 spiro atoms. The van der Waals surface area contributed by atoms with Crippen molar-refractivity contribution >= 4 is 22.1 Å². The molecule has 4 heteroatoms. The molecular formula is C24H26N4. The lowest BCUT2D eigenvalue weighted by molar-refractivity contribution is 0.801. The predicted octanol–water partition coefficient (Wildman–Crippen LogP) is 5.99. The average molecular weight is 371 g/mol. The minimum absolute atomic E-state index is 0.782. The van der Waals surface area contributed by atoms with Gasteiger partial charge in [0.25, 0.3) is 0 Å². The first-order chi connectivity index (χ1) is 13.5. The summed E-state index contributed by atoms with van der Waals surface area (Å²) in [5, 5.41) is 0. The standard InChI is InChI=1S/C24H26N4/c1-17(2)13-15-27-21-11-7-5-9-19(21)25-23(27)24-26-20-10-6-8-12-22(20)28(24)16-14-18(3)4/h5-14H,15-16H2,1-4H3. The molecule has 0 aliphatic heterocycles. The Kier molecular flexibility index (Phi) is 4.86. The van der Waals surface area contributed by atoms with Crippen LogP contribution in [0.2, 0.25) is 0 Å². The van der Waals surface area contributed by atoms with Gasteiger partial charge in [-0.3, -0.25) is 0 Å². The summed E-state index contributed by atoms with van der Waals surface area (Å²) in [6.07, 6.45) is 4.47. The monoisotopic (exact) mass is 370 g/mol. The molecular weight excluding hydrogens is 344 g/mol. The second-order valence-electron chi connectivity index (χ2n) is 7.63. The molecule has 0 radical (unpaired) electrons. The van der Waals surface area contributed by atoms with Gasteiger partial charge in [-0.05, 0) is 52.0 Å². The minimum atomic E-state index is 0.782. The largest absolute Gasteiger partial charge is 0.317 e. The van der Waals surface area contributed by atoms with E-state index >= 15 is 0 Å². The van der Waals surface area contributed by atoms with Gasteiger partial charge in [-0.1, -0.05) is 47.6 Å². The van der Waals surface area contributed by atoms with E-state index in [9.17, 15) is 0 Å². The Morgan fingerprint density at radius 3 is 1.46 bits per heavy atom. The SMILES string of the molecule is CC(C)=CCn1c(-c2nc3ccccc3n2CC=C(C)C)nc2ccccc21. The van der Waals surface area contributed by atoms with Crippen LogP contribution in [0.15, 0.2) is 71.8 Å². The third-order valence-electron chi connectivity index (χ3n) is 4.87. The van der Waals surface area contributed by atoms with Gasteiger partial charge in [0.05, 0.1) is 22.1 Å². The number of hydrogen-bond donors (Lipinski definition) is 0. The van der Waals surface area contributed by atoms with Crippen LogP contribution in [0, 0.1) is 0 Å². The molecule has 0 saturated carbocycles. The van der Waals surface area contributed by atoms with E-state index in [-0.39, 0.29) is 0 Å². The molecule has 0 fully saturated rings. The van der Waals surface area contributed by atoms with Gasteiger partial charge in [0.15, 0.2) is 11.6 Å². The van der Waals surface area contributed by atoms with E-state index in [1.807, 2.05) is 12.1 Å². The Labute approximate surface area is 165 Å². The first-order valence-corrected chi connectivity index (χ1v) is 9.72. The molecule has 0 unspecified atom stereocenters. The highest BCUT2D eigenvalue weighted by Crippen LogP contribution is 2.28. The topological polar surface area (TPSA) is 35.6 Å². The molecule has 142 valence electrons. The first kappa shape index (κ1) is 18.2. The number of nitrogens with zero attached hydrogens (tertiary/aromatic N) is 4. The number of rotatable bonds is 5. The third-order valence-corrected chi connectivity index (χ3v) is 4.87. The molecule has 0 amide bonds. The van der Waals surface area contributed by atoms with Crippen LogP contribution in [-0.2, 0) is 13.1 Å². The van der Waals surface area contributed by atoms with E-state index in [0.717, 1.165) is 46.8 Å². The smallest absolute Gasteiger partial charge is 0.177 e. The number of imidazole rings is 2. The Bertz CT molecular complexity index is 1100. The fourth-order valence-electron chi connectivity index (χ4n) is 3.41. The molecule has 0 aliphatic rings. The van der Waals surface area contributed by atoms with Crippen LogP contribution in [0.5, 0.6) is 0 Å². The zero-order valence-electron chi connectivity index (χ0n) is 17.0. The predicted molar refractivity (Wildman–Crippen MR) is 117 cm³/mol. The summed E-state index contributed by atoms with van der Waals surface area (Å²) >= 11 is 0. The lowest BCUT2D eigenvalue weighted by Gasteiger charge is -2.10. The summed E-state index contributed by atoms with van der Waals surface area (Å²) in [4.78, 5) is 9.95. The van der Waals surface area contributed by atoms with Crippen molar-refractivity contribution in [2.24, 2.45) is 0 Å². The maximum absolute atomic E-state index is 4.97. The molecule has 2 aromatic carbocycles. The van der Waals surface area contributed by atoms with Crippen molar-refractivity contribution in [2.45, 2.75) is 40.8 Å². The average Bonchev–Trinajstić information content (AvgIpc) is 3.22. The molecule has 0 bridgehead atoms. The molecule has 2 heterocycles. The third kappa shape index (κ3) is 3.38. The van der Waals surface area contributed by atoms with E-state index in [1.54, 1.807) is 0 Å². The Morgan fingerprint density at radius 1 is 0.679 bits per heavy atom. The fraction of sp³-hybridized carbons (Fsp3) is 0.250. The molecule has 2 aromatic heterocycles. The quantitative estimate of drug-likeness (QED) is 0.405. The lowest BCUT2D eigenvalue weighted by atomic mass is 10.3. The zero-order valence-corrected chi connectivity index (χ0v) is 17.0. The number of para-hydroxylation sites is 4. The van der Waals surface area contributed by atoms with Crippen molar-refractivity contribution in [2.75, 3.05) is 0 Å². The second-order valence-corrected chi connectivity index (χ2v) is 7.63. The normalized spacial score (nSPS) is 11.1. The summed E-state index contributed by atoms with van der Waals surface area (Å²) in [5.74, 6) is 1.83. The van der Waals surface area contributed by atoms with Gasteiger partial charge in [0.2, 0.25) is 0 Å². The summed E-state index contributed by atoms with van der Waals surface area (Å²) in [6, 6.07) is 16.6. The molecule has 0 N–H and O–H groups in total. The van der Waals surface area contributed by atoms with Crippen molar-refractivity contribution in [3.63, 3.8) is 0 Å². The van der Waals surface area contributed by atoms with E-state index < -0.39 is 0 Å².